The first-order valence-corrected chi connectivity index (χ1v) is 5.75. The molecule has 0 amide bonds. The molecule has 15 heavy (non-hydrogen) atoms. The van der Waals surface area contributed by atoms with Crippen LogP contribution in [0, 0.1) is 5.92 Å². The highest BCUT2D eigenvalue weighted by molar-refractivity contribution is 5.33. The number of nitrogens with zero attached hydrogens (tertiary/aromatic N) is 1. The molecule has 2 aliphatic rings. The van der Waals surface area contributed by atoms with E-state index in [1.165, 1.54) is 29.8 Å². The van der Waals surface area contributed by atoms with Crippen molar-refractivity contribution in [1.29, 1.82) is 0 Å². The Morgan fingerprint density at radius 3 is 2.87 bits per heavy atom. The molecule has 0 bridgehead atoms. The van der Waals surface area contributed by atoms with Crippen LogP contribution in [0.15, 0.2) is 35.2 Å². The number of allylic oxidation sites excluding steroid dienone is 5. The number of hydrogen-bond donors (Lipinski definition) is 1. The molecular formula is C13H20N2. The van der Waals surface area contributed by atoms with Gasteiger partial charge in [0.2, 0.25) is 0 Å². The second kappa shape index (κ2) is 4.23. The third-order valence-electron chi connectivity index (χ3n) is 3.52. The van der Waals surface area contributed by atoms with E-state index in [-0.39, 0.29) is 0 Å². The van der Waals surface area contributed by atoms with E-state index in [4.69, 9.17) is 0 Å². The van der Waals surface area contributed by atoms with Crippen LogP contribution < -0.4 is 5.43 Å². The molecule has 2 nitrogen and oxygen atoms in total. The molecule has 1 unspecified atom stereocenters. The second-order valence-corrected chi connectivity index (χ2v) is 4.29. The van der Waals surface area contributed by atoms with Gasteiger partial charge in [-0.15, -0.1) is 0 Å². The van der Waals surface area contributed by atoms with E-state index in [1.807, 2.05) is 7.05 Å². The van der Waals surface area contributed by atoms with Crippen LogP contribution in [0.5, 0.6) is 0 Å². The first-order valence-electron chi connectivity index (χ1n) is 5.75. The van der Waals surface area contributed by atoms with E-state index in [0.29, 0.717) is 5.92 Å². The molecule has 0 aromatic heterocycles. The molecule has 1 aliphatic carbocycles. The summed E-state index contributed by atoms with van der Waals surface area (Å²) in [4.78, 5) is 0. The van der Waals surface area contributed by atoms with E-state index < -0.39 is 0 Å². The predicted molar refractivity (Wildman–Crippen MR) is 63.8 cm³/mol. The standard InChI is InChI=1S/C13H20N2/c1-10-11(2)15(14-3)13-9-7-5-4-6-8-12(10)13/h4-5,9,12,14H,6-8H2,1-3H3/b5-4-,13-9?. The normalized spacial score (nSPS) is 28.3. The Labute approximate surface area is 92.3 Å². The lowest BCUT2D eigenvalue weighted by atomic mass is 9.92. The average molecular weight is 204 g/mol. The lowest BCUT2D eigenvalue weighted by molar-refractivity contribution is 0.336. The molecule has 0 radical (unpaired) electrons. The molecule has 2 rings (SSSR count). The van der Waals surface area contributed by atoms with Crippen LogP contribution in [0.3, 0.4) is 0 Å². The molecule has 0 aromatic rings. The van der Waals surface area contributed by atoms with Gasteiger partial charge in [0, 0.05) is 24.4 Å². The zero-order chi connectivity index (χ0) is 10.8. The van der Waals surface area contributed by atoms with E-state index >= 15 is 0 Å². The molecule has 1 heterocycles. The third-order valence-corrected chi connectivity index (χ3v) is 3.52. The number of rotatable bonds is 1. The van der Waals surface area contributed by atoms with Crippen LogP contribution in [-0.4, -0.2) is 12.1 Å². The van der Waals surface area contributed by atoms with E-state index in [9.17, 15) is 0 Å². The first kappa shape index (κ1) is 10.5. The third kappa shape index (κ3) is 1.74. The summed E-state index contributed by atoms with van der Waals surface area (Å²) < 4.78 is 0. The molecule has 0 spiro atoms. The molecule has 2 heteroatoms. The first-order chi connectivity index (χ1) is 7.25. The smallest absolute Gasteiger partial charge is 0.0383 e. The SMILES string of the molecule is CNN1C2=CC/C=C\CCC2C(C)=C1C. The van der Waals surface area contributed by atoms with E-state index in [1.54, 1.807) is 0 Å². The number of hydrazine groups is 1. The maximum absolute atomic E-state index is 3.27. The van der Waals surface area contributed by atoms with Crippen molar-refractivity contribution in [3.63, 3.8) is 0 Å². The summed E-state index contributed by atoms with van der Waals surface area (Å²) in [5.41, 5.74) is 7.61. The minimum Gasteiger partial charge on any atom is -0.285 e. The zero-order valence-corrected chi connectivity index (χ0v) is 9.88. The van der Waals surface area contributed by atoms with Gasteiger partial charge in [0.05, 0.1) is 0 Å². The lowest BCUT2D eigenvalue weighted by Crippen LogP contribution is -2.31. The van der Waals surface area contributed by atoms with Gasteiger partial charge in [-0.05, 0) is 38.7 Å². The van der Waals surface area contributed by atoms with E-state index in [2.05, 4.69) is 42.5 Å². The molecule has 1 N–H and O–H groups in total. The fourth-order valence-electron chi connectivity index (χ4n) is 2.56. The zero-order valence-electron chi connectivity index (χ0n) is 9.88. The van der Waals surface area contributed by atoms with Crippen molar-refractivity contribution >= 4 is 0 Å². The summed E-state index contributed by atoms with van der Waals surface area (Å²) in [5.74, 6) is 0.627. The molecule has 0 saturated heterocycles. The summed E-state index contributed by atoms with van der Waals surface area (Å²) in [6.45, 7) is 4.46. The molecular weight excluding hydrogens is 184 g/mol. The summed E-state index contributed by atoms with van der Waals surface area (Å²) >= 11 is 0. The molecule has 1 aliphatic heterocycles. The predicted octanol–water partition coefficient (Wildman–Crippen LogP) is 2.97. The van der Waals surface area contributed by atoms with Crippen molar-refractivity contribution in [3.8, 4) is 0 Å². The number of hydrogen-bond acceptors (Lipinski definition) is 2. The summed E-state index contributed by atoms with van der Waals surface area (Å²) in [7, 11) is 1.99. The fourth-order valence-corrected chi connectivity index (χ4v) is 2.56. The highest BCUT2D eigenvalue weighted by atomic mass is 15.5. The van der Waals surface area contributed by atoms with Crippen LogP contribution in [-0.2, 0) is 0 Å². The maximum Gasteiger partial charge on any atom is 0.0383 e. The Hall–Kier alpha value is -1.02. The highest BCUT2D eigenvalue weighted by Crippen LogP contribution is 2.38. The van der Waals surface area contributed by atoms with Crippen molar-refractivity contribution in [3.05, 3.63) is 35.2 Å². The minimum atomic E-state index is 0.627. The fraction of sp³-hybridized carbons (Fsp3) is 0.538. The second-order valence-electron chi connectivity index (χ2n) is 4.29. The lowest BCUT2D eigenvalue weighted by Gasteiger charge is -2.24. The van der Waals surface area contributed by atoms with Crippen LogP contribution in [0.2, 0.25) is 0 Å². The number of fused-ring (bicyclic) bond motifs is 1. The van der Waals surface area contributed by atoms with E-state index in [0.717, 1.165) is 6.42 Å². The molecule has 0 saturated carbocycles. The van der Waals surface area contributed by atoms with Gasteiger partial charge in [0.25, 0.3) is 0 Å². The van der Waals surface area contributed by atoms with Gasteiger partial charge in [0.1, 0.15) is 0 Å². The molecule has 0 aromatic carbocycles. The minimum absolute atomic E-state index is 0.627. The van der Waals surface area contributed by atoms with Gasteiger partial charge in [-0.25, -0.2) is 5.43 Å². The van der Waals surface area contributed by atoms with Crippen LogP contribution >= 0.6 is 0 Å². The molecule has 0 fully saturated rings. The summed E-state index contributed by atoms with van der Waals surface area (Å²) in [5, 5.41) is 2.24. The molecule has 1 atom stereocenters. The van der Waals surface area contributed by atoms with Crippen molar-refractivity contribution in [2.75, 3.05) is 7.05 Å². The Bertz CT molecular complexity index is 336. The van der Waals surface area contributed by atoms with Crippen LogP contribution in [0.25, 0.3) is 0 Å². The maximum atomic E-state index is 3.27. The quantitative estimate of drug-likeness (QED) is 0.661. The van der Waals surface area contributed by atoms with Crippen LogP contribution in [0.4, 0.5) is 0 Å². The summed E-state index contributed by atoms with van der Waals surface area (Å²) in [6, 6.07) is 0. The van der Waals surface area contributed by atoms with Gasteiger partial charge in [-0.1, -0.05) is 18.2 Å². The largest absolute Gasteiger partial charge is 0.285 e. The van der Waals surface area contributed by atoms with Gasteiger partial charge in [-0.2, -0.15) is 0 Å². The van der Waals surface area contributed by atoms with Gasteiger partial charge >= 0.3 is 0 Å². The topological polar surface area (TPSA) is 15.3 Å². The summed E-state index contributed by atoms with van der Waals surface area (Å²) in [6.07, 6.45) is 10.4. The average Bonchev–Trinajstić information content (AvgIpc) is 2.40. The Balaban J connectivity index is 2.33. The monoisotopic (exact) mass is 204 g/mol. The van der Waals surface area contributed by atoms with Gasteiger partial charge in [-0.3, -0.25) is 5.01 Å². The van der Waals surface area contributed by atoms with Gasteiger partial charge < -0.3 is 0 Å². The highest BCUT2D eigenvalue weighted by Gasteiger charge is 2.30. The Morgan fingerprint density at radius 1 is 1.33 bits per heavy atom. The Kier molecular flexibility index (Phi) is 2.96. The number of nitrogens with one attached hydrogen (secondary N) is 1. The van der Waals surface area contributed by atoms with Crippen LogP contribution in [0.1, 0.15) is 33.1 Å². The molecule has 82 valence electrons. The van der Waals surface area contributed by atoms with Crippen molar-refractivity contribution < 1.29 is 0 Å². The van der Waals surface area contributed by atoms with Crippen molar-refractivity contribution in [1.82, 2.24) is 10.4 Å². The van der Waals surface area contributed by atoms with Crippen molar-refractivity contribution in [2.24, 2.45) is 5.92 Å². The Morgan fingerprint density at radius 2 is 2.13 bits per heavy atom. The van der Waals surface area contributed by atoms with Crippen molar-refractivity contribution in [2.45, 2.75) is 33.1 Å². The van der Waals surface area contributed by atoms with Gasteiger partial charge in [0.15, 0.2) is 0 Å².